The van der Waals surface area contributed by atoms with E-state index in [1.165, 1.54) is 0 Å². The van der Waals surface area contributed by atoms with Gasteiger partial charge in [0.15, 0.2) is 5.82 Å². The van der Waals surface area contributed by atoms with Crippen LogP contribution in [0.15, 0.2) is 59.1 Å². The van der Waals surface area contributed by atoms with Crippen LogP contribution in [0.4, 0.5) is 18.9 Å². The monoisotopic (exact) mass is 373 g/mol. The molecular formula is C19H14F3N3O2. The minimum Gasteiger partial charge on any atom is -0.329 e. The SMILES string of the molecule is O=C(Nc1ccccc1)c1ccc(C2(c3noc(C(F)(F)F)n3)CC2)cc1. The van der Waals surface area contributed by atoms with Crippen molar-refractivity contribution in [3.8, 4) is 0 Å². The topological polar surface area (TPSA) is 68.0 Å². The number of aromatic nitrogens is 2. The lowest BCUT2D eigenvalue weighted by Gasteiger charge is -2.12. The Bertz CT molecular complexity index is 962. The average molecular weight is 373 g/mol. The molecular weight excluding hydrogens is 359 g/mol. The summed E-state index contributed by atoms with van der Waals surface area (Å²) in [4.78, 5) is 15.8. The van der Waals surface area contributed by atoms with E-state index in [9.17, 15) is 18.0 Å². The second-order valence-corrected chi connectivity index (χ2v) is 6.40. The number of anilines is 1. The molecule has 5 nitrogen and oxygen atoms in total. The third kappa shape index (κ3) is 3.30. The van der Waals surface area contributed by atoms with Crippen LogP contribution in [0.1, 0.15) is 40.5 Å². The highest BCUT2D eigenvalue weighted by molar-refractivity contribution is 6.04. The summed E-state index contributed by atoms with van der Waals surface area (Å²) in [6, 6.07) is 15.7. The van der Waals surface area contributed by atoms with Crippen molar-refractivity contribution in [3.05, 3.63) is 77.4 Å². The zero-order valence-electron chi connectivity index (χ0n) is 14.0. The number of hydrogen-bond donors (Lipinski definition) is 1. The molecule has 2 aromatic carbocycles. The van der Waals surface area contributed by atoms with Crippen LogP contribution in [-0.4, -0.2) is 16.0 Å². The average Bonchev–Trinajstić information content (AvgIpc) is 3.30. The summed E-state index contributed by atoms with van der Waals surface area (Å²) in [6.07, 6.45) is -3.42. The molecule has 138 valence electrons. The first-order valence-electron chi connectivity index (χ1n) is 8.27. The molecule has 1 aliphatic rings. The van der Waals surface area contributed by atoms with Gasteiger partial charge in [-0.2, -0.15) is 18.2 Å². The van der Waals surface area contributed by atoms with Crippen molar-refractivity contribution < 1.29 is 22.5 Å². The summed E-state index contributed by atoms with van der Waals surface area (Å²) in [5.74, 6) is -1.59. The number of halogens is 3. The lowest BCUT2D eigenvalue weighted by Crippen LogP contribution is -2.14. The Morgan fingerprint density at radius 1 is 1.04 bits per heavy atom. The summed E-state index contributed by atoms with van der Waals surface area (Å²) >= 11 is 0. The largest absolute Gasteiger partial charge is 0.471 e. The summed E-state index contributed by atoms with van der Waals surface area (Å²) in [5, 5.41) is 6.30. The van der Waals surface area contributed by atoms with Gasteiger partial charge in [-0.25, -0.2) is 0 Å². The third-order valence-electron chi connectivity index (χ3n) is 4.58. The molecule has 1 aromatic heterocycles. The van der Waals surface area contributed by atoms with Gasteiger partial charge in [-0.05, 0) is 42.7 Å². The van der Waals surface area contributed by atoms with E-state index in [0.29, 0.717) is 24.1 Å². The lowest BCUT2D eigenvalue weighted by molar-refractivity contribution is -0.159. The van der Waals surface area contributed by atoms with Crippen LogP contribution < -0.4 is 5.32 Å². The number of para-hydroxylation sites is 1. The molecule has 27 heavy (non-hydrogen) atoms. The van der Waals surface area contributed by atoms with Gasteiger partial charge in [0.05, 0.1) is 5.41 Å². The summed E-state index contributed by atoms with van der Waals surface area (Å²) < 4.78 is 42.4. The standard InChI is InChI=1S/C19H14F3N3O2/c20-19(21,22)17-24-16(25-27-17)18(10-11-18)13-8-6-12(7-9-13)15(26)23-14-4-2-1-3-5-14/h1-9H,10-11H2,(H,23,26). The minimum atomic E-state index is -4.67. The molecule has 1 heterocycles. The molecule has 3 aromatic rings. The van der Waals surface area contributed by atoms with Gasteiger partial charge in [0.2, 0.25) is 0 Å². The maximum Gasteiger partial charge on any atom is 0.471 e. The van der Waals surface area contributed by atoms with E-state index >= 15 is 0 Å². The minimum absolute atomic E-state index is 0.0244. The van der Waals surface area contributed by atoms with E-state index in [4.69, 9.17) is 0 Å². The predicted octanol–water partition coefficient (Wildman–Crippen LogP) is 4.42. The van der Waals surface area contributed by atoms with Crippen molar-refractivity contribution >= 4 is 11.6 Å². The molecule has 1 fully saturated rings. The van der Waals surface area contributed by atoms with Crippen molar-refractivity contribution in [2.75, 3.05) is 5.32 Å². The van der Waals surface area contributed by atoms with Gasteiger partial charge in [0.1, 0.15) is 0 Å². The third-order valence-corrected chi connectivity index (χ3v) is 4.58. The van der Waals surface area contributed by atoms with Crippen LogP contribution in [0.3, 0.4) is 0 Å². The van der Waals surface area contributed by atoms with Crippen LogP contribution in [-0.2, 0) is 11.6 Å². The Morgan fingerprint density at radius 3 is 2.26 bits per heavy atom. The van der Waals surface area contributed by atoms with Gasteiger partial charge >= 0.3 is 12.1 Å². The van der Waals surface area contributed by atoms with E-state index in [0.717, 1.165) is 5.56 Å². The van der Waals surface area contributed by atoms with Crippen LogP contribution in [0, 0.1) is 0 Å². The number of nitrogens with zero attached hydrogens (tertiary/aromatic N) is 2. The Kier molecular flexibility index (Phi) is 3.98. The molecule has 1 N–H and O–H groups in total. The number of hydrogen-bond acceptors (Lipinski definition) is 4. The second kappa shape index (κ2) is 6.22. The van der Waals surface area contributed by atoms with E-state index in [-0.39, 0.29) is 11.7 Å². The van der Waals surface area contributed by atoms with Crippen molar-refractivity contribution in [1.29, 1.82) is 0 Å². The zero-order valence-corrected chi connectivity index (χ0v) is 14.0. The number of carbonyl (C=O) groups excluding carboxylic acids is 1. The fourth-order valence-electron chi connectivity index (χ4n) is 2.96. The van der Waals surface area contributed by atoms with Crippen LogP contribution in [0.5, 0.6) is 0 Å². The maximum atomic E-state index is 12.7. The quantitative estimate of drug-likeness (QED) is 0.735. The lowest BCUT2D eigenvalue weighted by atomic mass is 9.94. The van der Waals surface area contributed by atoms with Gasteiger partial charge in [0.25, 0.3) is 5.91 Å². The van der Waals surface area contributed by atoms with E-state index in [1.807, 2.05) is 18.2 Å². The normalized spacial score (nSPS) is 15.4. The van der Waals surface area contributed by atoms with Gasteiger partial charge in [-0.1, -0.05) is 35.5 Å². The summed E-state index contributed by atoms with van der Waals surface area (Å²) in [6.45, 7) is 0. The first kappa shape index (κ1) is 17.3. The van der Waals surface area contributed by atoms with Gasteiger partial charge in [-0.3, -0.25) is 4.79 Å². The molecule has 1 saturated carbocycles. The van der Waals surface area contributed by atoms with Crippen molar-refractivity contribution in [2.24, 2.45) is 0 Å². The summed E-state index contributed by atoms with van der Waals surface area (Å²) in [7, 11) is 0. The maximum absolute atomic E-state index is 12.7. The molecule has 1 aliphatic carbocycles. The molecule has 0 bridgehead atoms. The highest BCUT2D eigenvalue weighted by atomic mass is 19.4. The highest BCUT2D eigenvalue weighted by Crippen LogP contribution is 2.52. The number of benzene rings is 2. The second-order valence-electron chi connectivity index (χ2n) is 6.40. The van der Waals surface area contributed by atoms with Crippen molar-refractivity contribution in [1.82, 2.24) is 10.1 Å². The molecule has 1 amide bonds. The molecule has 8 heteroatoms. The van der Waals surface area contributed by atoms with Crippen molar-refractivity contribution in [3.63, 3.8) is 0 Å². The summed E-state index contributed by atoms with van der Waals surface area (Å²) in [5.41, 5.74) is 1.20. The van der Waals surface area contributed by atoms with E-state index < -0.39 is 17.5 Å². The van der Waals surface area contributed by atoms with Gasteiger partial charge in [0, 0.05) is 11.3 Å². The number of rotatable bonds is 4. The number of nitrogens with one attached hydrogen (secondary N) is 1. The van der Waals surface area contributed by atoms with Crippen LogP contribution >= 0.6 is 0 Å². The molecule has 0 atom stereocenters. The van der Waals surface area contributed by atoms with E-state index in [2.05, 4.69) is 20.0 Å². The first-order chi connectivity index (χ1) is 12.9. The number of amides is 1. The van der Waals surface area contributed by atoms with Gasteiger partial charge < -0.3 is 9.84 Å². The smallest absolute Gasteiger partial charge is 0.329 e. The molecule has 4 rings (SSSR count). The predicted molar refractivity (Wildman–Crippen MR) is 90.2 cm³/mol. The number of carbonyl (C=O) groups is 1. The van der Waals surface area contributed by atoms with Gasteiger partial charge in [-0.15, -0.1) is 0 Å². The fraction of sp³-hybridized carbons (Fsp3) is 0.211. The van der Waals surface area contributed by atoms with Crippen LogP contribution in [0.2, 0.25) is 0 Å². The van der Waals surface area contributed by atoms with Crippen LogP contribution in [0.25, 0.3) is 0 Å². The Morgan fingerprint density at radius 2 is 1.70 bits per heavy atom. The highest BCUT2D eigenvalue weighted by Gasteiger charge is 2.51. The molecule has 0 saturated heterocycles. The Balaban J connectivity index is 1.53. The molecule has 0 unspecified atom stereocenters. The fourth-order valence-corrected chi connectivity index (χ4v) is 2.96. The molecule has 0 spiro atoms. The Labute approximate surface area is 152 Å². The van der Waals surface area contributed by atoms with Crippen molar-refractivity contribution in [2.45, 2.75) is 24.4 Å². The molecule has 0 aliphatic heterocycles. The zero-order chi connectivity index (χ0) is 19.1. The molecule has 0 radical (unpaired) electrons. The van der Waals surface area contributed by atoms with E-state index in [1.54, 1.807) is 36.4 Å². The Hall–Kier alpha value is -3.16. The first-order valence-corrected chi connectivity index (χ1v) is 8.27. The number of alkyl halides is 3.